The van der Waals surface area contributed by atoms with E-state index >= 15 is 26.3 Å². The van der Waals surface area contributed by atoms with Gasteiger partial charge in [0.2, 0.25) is 0 Å². The van der Waals surface area contributed by atoms with Crippen LogP contribution >= 0.6 is 0 Å². The number of anilines is 20. The van der Waals surface area contributed by atoms with E-state index in [0.29, 0.717) is 112 Å². The predicted octanol–water partition coefficient (Wildman–Crippen LogP) is 20.1. The summed E-state index contributed by atoms with van der Waals surface area (Å²) in [7, 11) is 0. The third-order valence-corrected chi connectivity index (χ3v) is 22.8. The summed E-state index contributed by atoms with van der Waals surface area (Å²) in [4.78, 5) is 11.1. The molecule has 0 atom stereocenters. The molecule has 1 N–H and O–H groups in total. The second-order valence-corrected chi connectivity index (χ2v) is 29.1. The number of halogens is 6. The van der Waals surface area contributed by atoms with Crippen molar-refractivity contribution < 1.29 is 35.8 Å². The summed E-state index contributed by atoms with van der Waals surface area (Å²) in [6.45, 7) is -2.27. The van der Waals surface area contributed by atoms with Gasteiger partial charge in [0.1, 0.15) is 75.0 Å². The summed E-state index contributed by atoms with van der Waals surface area (Å²) >= 11 is 0. The number of fused-ring (bicyclic) bond motifs is 12. The van der Waals surface area contributed by atoms with E-state index < -0.39 is 60.7 Å². The fourth-order valence-corrected chi connectivity index (χ4v) is 18.2. The van der Waals surface area contributed by atoms with Crippen molar-refractivity contribution in [1.29, 1.82) is 0 Å². The average Bonchev–Trinajstić information content (AvgIpc) is 0.685. The number of para-hydroxylation sites is 11. The predicted molar refractivity (Wildman–Crippen MR) is 451 cm³/mol. The van der Waals surface area contributed by atoms with E-state index in [1.165, 1.54) is 54.6 Å². The van der Waals surface area contributed by atoms with Gasteiger partial charge in [-0.2, -0.15) is 0 Å². The van der Waals surface area contributed by atoms with Gasteiger partial charge in [0, 0.05) is 97.8 Å². The van der Waals surface area contributed by atoms with Gasteiger partial charge >= 0.3 is 0 Å². The molecule has 0 fully saturated rings. The first-order valence-corrected chi connectivity index (χ1v) is 37.7. The van der Waals surface area contributed by atoms with Gasteiger partial charge in [0.25, 0.3) is 20.1 Å². The Morgan fingerprint density at radius 1 is 0.219 bits per heavy atom. The van der Waals surface area contributed by atoms with E-state index in [1.54, 1.807) is 14.7 Å². The van der Waals surface area contributed by atoms with Crippen molar-refractivity contribution in [2.24, 2.45) is 0 Å². The maximum Gasteiger partial charge on any atom is 0.256 e. The Hall–Kier alpha value is -14.5. The molecule has 0 bridgehead atoms. The van der Waals surface area contributed by atoms with Crippen molar-refractivity contribution in [3.05, 3.63) is 381 Å². The zero-order chi connectivity index (χ0) is 76.1. The average molecular weight is 1490 g/mol. The maximum atomic E-state index is 18.2. The van der Waals surface area contributed by atoms with Gasteiger partial charge in [0.15, 0.2) is 0 Å². The molecule has 0 unspecified atom stereocenters. The van der Waals surface area contributed by atoms with Crippen molar-refractivity contribution in [2.45, 2.75) is 0 Å². The summed E-state index contributed by atoms with van der Waals surface area (Å²) in [5.74, 6) is -3.59. The molecule has 0 aromatic heterocycles. The van der Waals surface area contributed by atoms with Crippen molar-refractivity contribution in [3.8, 4) is 23.0 Å². The lowest BCUT2D eigenvalue weighted by Crippen LogP contribution is -2.65. The lowest BCUT2D eigenvalue weighted by molar-refractivity contribution is 0.487. The third kappa shape index (κ3) is 10.3. The number of nitrogens with zero attached hydrogens (tertiary/aromatic N) is 6. The molecule has 0 saturated carbocycles. The van der Waals surface area contributed by atoms with Crippen molar-refractivity contribution >= 4 is 183 Å². The van der Waals surface area contributed by atoms with Crippen LogP contribution in [0.4, 0.5) is 140 Å². The van der Waals surface area contributed by atoms with E-state index in [0.717, 1.165) is 50.7 Å². The maximum absolute atomic E-state index is 18.2. The summed E-state index contributed by atoms with van der Waals surface area (Å²) in [6.07, 6.45) is 0. The first-order valence-electron chi connectivity index (χ1n) is 37.7. The minimum Gasteiger partial charge on any atom is -0.458 e. The minimum absolute atomic E-state index is 0.266. The van der Waals surface area contributed by atoms with E-state index in [4.69, 9.17) is 9.47 Å². The lowest BCUT2D eigenvalue weighted by Gasteiger charge is -2.45. The fraction of sp³-hybridized carbons (Fsp3) is 0. The number of nitrogens with one attached hydrogen (secondary N) is 1. The van der Waals surface area contributed by atoms with Gasteiger partial charge < -0.3 is 44.2 Å². The van der Waals surface area contributed by atoms with Gasteiger partial charge in [0.05, 0.1) is 17.1 Å². The van der Waals surface area contributed by atoms with Crippen LogP contribution in [0, 0.1) is 34.9 Å². The minimum atomic E-state index is -0.919. The molecule has 0 spiro atoms. The largest absolute Gasteiger partial charge is 0.458 e. The second-order valence-electron chi connectivity index (χ2n) is 29.1. The lowest BCUT2D eigenvalue weighted by atomic mass is 9.29. The van der Waals surface area contributed by atoms with Gasteiger partial charge in [-0.1, -0.05) is 176 Å². The normalized spacial score (nSPS) is 13.1. The highest BCUT2D eigenvalue weighted by atomic mass is 19.2. The molecule has 16 aromatic rings. The zero-order valence-corrected chi connectivity index (χ0v) is 60.4. The Morgan fingerprint density at radius 3 is 0.947 bits per heavy atom. The van der Waals surface area contributed by atoms with Gasteiger partial charge in [-0.05, 0) is 201 Å². The van der Waals surface area contributed by atoms with Crippen molar-refractivity contribution in [2.75, 3.05) is 34.7 Å². The smallest absolute Gasteiger partial charge is 0.256 e. The topological polar surface area (TPSA) is 49.9 Å². The zero-order valence-electron chi connectivity index (χ0n) is 60.4. The standard InChI is InChI=1S/C96H58B3F6N7O2/c100-73-40-23-41-74(101)94(73)110-81-56-82-70(54-69(81)97-67-38-19-21-46-79(67)106-80-48-64(49-84(110)91(80)97)107(58-26-7-1-8-27-58)59-28-9-2-10-29-59)99-72-55-71-83(57-88(72)114-90-53-66(109(62-34-15-5-16-35-62)63-36-17-6-18-37-63)51-86(93(90)99)111(82)95-75(102)42-24-43-76(95)103)112(96-77(104)44-25-45-78(96)105)85-50-65(52-89-92(85)98(71)68-39-20-22-47-87(68)113-89)108(60-30-11-3-12-31-60)61-32-13-4-14-33-61/h1-57,106H. The number of benzene rings is 16. The fourth-order valence-electron chi connectivity index (χ4n) is 18.2. The van der Waals surface area contributed by atoms with Crippen LogP contribution in [-0.2, 0) is 0 Å². The first kappa shape index (κ1) is 66.5. The van der Waals surface area contributed by atoms with Crippen LogP contribution in [0.3, 0.4) is 0 Å². The molecule has 0 radical (unpaired) electrons. The van der Waals surface area contributed by atoms with Crippen molar-refractivity contribution in [1.82, 2.24) is 0 Å². The summed E-state index contributed by atoms with van der Waals surface area (Å²) in [5, 5.41) is 3.81. The summed E-state index contributed by atoms with van der Waals surface area (Å²) in [6, 6.07) is 106. The van der Waals surface area contributed by atoms with Crippen LogP contribution in [-0.4, -0.2) is 20.1 Å². The highest BCUT2D eigenvalue weighted by Gasteiger charge is 2.51. The van der Waals surface area contributed by atoms with Crippen LogP contribution in [0.2, 0.25) is 0 Å². The Morgan fingerprint density at radius 2 is 0.535 bits per heavy atom. The van der Waals surface area contributed by atoms with Crippen molar-refractivity contribution in [3.63, 3.8) is 0 Å². The second kappa shape index (κ2) is 26.1. The van der Waals surface area contributed by atoms with E-state index in [-0.39, 0.29) is 17.1 Å². The Balaban J connectivity index is 0.860. The highest BCUT2D eigenvalue weighted by molar-refractivity contribution is 7.04. The Bertz CT molecular complexity index is 6460. The molecule has 0 amide bonds. The molecule has 0 saturated heterocycles. The summed E-state index contributed by atoms with van der Waals surface area (Å²) < 4.78 is 123. The SMILES string of the molecule is Fc1cccc(F)c1N1c2cc3c(cc2B2c4ccccc4Nc4cc(N(c5ccccc5)c5ccccc5)cc1c42)B1c2cc4c(cc2Oc2cc(N(c5ccccc5)c5ccccc5)cc(c21)N3c1c(F)cccc1F)N(c1c(F)cccc1F)c1cc(N(c2ccccc2)c2ccccc2)cc2c1B4c1ccccc1O2. The number of hydrogen-bond acceptors (Lipinski definition) is 9. The van der Waals surface area contributed by atoms with Gasteiger partial charge in [-0.15, -0.1) is 0 Å². The molecule has 540 valence electrons. The molecular weight excluding hydrogens is 1430 g/mol. The van der Waals surface area contributed by atoms with E-state index in [1.807, 2.05) is 272 Å². The number of rotatable bonds is 12. The molecule has 22 rings (SSSR count). The Labute approximate surface area is 653 Å². The summed E-state index contributed by atoms with van der Waals surface area (Å²) in [5.41, 5.74) is 14.9. The monoisotopic (exact) mass is 1490 g/mol. The molecule has 18 heteroatoms. The number of hydrogen-bond donors (Lipinski definition) is 1. The molecule has 16 aromatic carbocycles. The van der Waals surface area contributed by atoms with Crippen LogP contribution < -0.4 is 93.4 Å². The van der Waals surface area contributed by atoms with E-state index in [2.05, 4.69) is 39.4 Å². The molecule has 6 heterocycles. The van der Waals surface area contributed by atoms with Crippen LogP contribution in [0.1, 0.15) is 0 Å². The quantitative estimate of drug-likeness (QED) is 0.0952. The first-order chi connectivity index (χ1) is 56.1. The highest BCUT2D eigenvalue weighted by Crippen LogP contribution is 2.54. The van der Waals surface area contributed by atoms with E-state index in [9.17, 15) is 0 Å². The number of ether oxygens (including phenoxy) is 2. The van der Waals surface area contributed by atoms with Gasteiger partial charge in [-0.25, -0.2) is 26.3 Å². The molecule has 9 nitrogen and oxygen atoms in total. The van der Waals surface area contributed by atoms with Crippen LogP contribution in [0.15, 0.2) is 346 Å². The third-order valence-electron chi connectivity index (χ3n) is 22.8. The molecule has 6 aliphatic heterocycles. The van der Waals surface area contributed by atoms with Crippen LogP contribution in [0.5, 0.6) is 23.0 Å². The van der Waals surface area contributed by atoms with Gasteiger partial charge in [-0.3, -0.25) is 0 Å². The molecular formula is C96H58B3F6N7O2. The van der Waals surface area contributed by atoms with Crippen LogP contribution in [0.25, 0.3) is 0 Å². The molecule has 6 aliphatic rings. The molecule has 0 aliphatic carbocycles. The Kier molecular flexibility index (Phi) is 15.2. The molecule has 114 heavy (non-hydrogen) atoms.